The number of H-pyrrole nitrogens is 1. The highest BCUT2D eigenvalue weighted by molar-refractivity contribution is 6.03. The van der Waals surface area contributed by atoms with Crippen molar-refractivity contribution < 1.29 is 9.59 Å². The van der Waals surface area contributed by atoms with Crippen molar-refractivity contribution in [3.8, 4) is 0 Å². The largest absolute Gasteiger partial charge is 0.311 e. The van der Waals surface area contributed by atoms with Crippen LogP contribution in [0, 0.1) is 5.92 Å². The molecule has 0 unspecified atom stereocenters. The van der Waals surface area contributed by atoms with E-state index in [1.54, 1.807) is 17.2 Å². The lowest BCUT2D eigenvalue weighted by Crippen LogP contribution is -2.29. The van der Waals surface area contributed by atoms with Crippen LogP contribution < -0.4 is 10.2 Å². The van der Waals surface area contributed by atoms with Crippen LogP contribution in [0.3, 0.4) is 0 Å². The van der Waals surface area contributed by atoms with E-state index in [2.05, 4.69) is 35.4 Å². The summed E-state index contributed by atoms with van der Waals surface area (Å²) in [5, 5.41) is 9.27. The van der Waals surface area contributed by atoms with Crippen LogP contribution in [0.15, 0.2) is 36.5 Å². The highest BCUT2D eigenvalue weighted by Gasteiger charge is 2.36. The minimum Gasteiger partial charge on any atom is -0.311 e. The number of hydrogen-bond donors (Lipinski definition) is 2. The van der Waals surface area contributed by atoms with Crippen LogP contribution in [0.5, 0.6) is 0 Å². The van der Waals surface area contributed by atoms with Crippen LogP contribution >= 0.6 is 0 Å². The van der Waals surface area contributed by atoms with Crippen molar-refractivity contribution >= 4 is 23.3 Å². The fraction of sp³-hybridized carbons (Fsp3) is 0.389. The van der Waals surface area contributed by atoms with E-state index in [0.717, 1.165) is 17.7 Å². The molecule has 6 heteroatoms. The van der Waals surface area contributed by atoms with E-state index in [-0.39, 0.29) is 24.2 Å². The first-order chi connectivity index (χ1) is 11.6. The van der Waals surface area contributed by atoms with Crippen molar-refractivity contribution in [3.63, 3.8) is 0 Å². The van der Waals surface area contributed by atoms with Gasteiger partial charge in [-0.05, 0) is 24.0 Å². The monoisotopic (exact) mass is 326 g/mol. The Kier molecular flexibility index (Phi) is 4.64. The number of anilines is 2. The highest BCUT2D eigenvalue weighted by atomic mass is 16.2. The van der Waals surface area contributed by atoms with Gasteiger partial charge in [-0.25, -0.2) is 0 Å². The molecule has 2 aromatic rings. The van der Waals surface area contributed by atoms with Crippen molar-refractivity contribution in [2.75, 3.05) is 16.8 Å². The summed E-state index contributed by atoms with van der Waals surface area (Å²) in [6.45, 7) is 4.70. The van der Waals surface area contributed by atoms with Gasteiger partial charge in [0.15, 0.2) is 0 Å². The lowest BCUT2D eigenvalue weighted by Gasteiger charge is -2.23. The topological polar surface area (TPSA) is 78.1 Å². The van der Waals surface area contributed by atoms with Gasteiger partial charge in [0.2, 0.25) is 11.8 Å². The molecule has 0 saturated carbocycles. The minimum atomic E-state index is -0.356. The van der Waals surface area contributed by atoms with E-state index in [0.29, 0.717) is 18.3 Å². The van der Waals surface area contributed by atoms with Gasteiger partial charge in [0.05, 0.1) is 12.1 Å². The van der Waals surface area contributed by atoms with E-state index < -0.39 is 0 Å². The molecule has 1 saturated heterocycles. The molecule has 3 rings (SSSR count). The van der Waals surface area contributed by atoms with Crippen molar-refractivity contribution in [1.82, 2.24) is 10.2 Å². The Morgan fingerprint density at radius 2 is 2.21 bits per heavy atom. The SMILES string of the molecule is CC[C@@H](C)c1ccccc1N1C[C@@H](C(=O)Nc2ccn[nH]2)CC1=O. The van der Waals surface area contributed by atoms with Crippen LogP contribution in [0.2, 0.25) is 0 Å². The average molecular weight is 326 g/mol. The molecule has 2 N–H and O–H groups in total. The smallest absolute Gasteiger partial charge is 0.230 e. The van der Waals surface area contributed by atoms with E-state index in [9.17, 15) is 9.59 Å². The molecule has 6 nitrogen and oxygen atoms in total. The van der Waals surface area contributed by atoms with Crippen LogP contribution in [0.4, 0.5) is 11.5 Å². The molecular formula is C18H22N4O2. The Hall–Kier alpha value is -2.63. The number of hydrogen-bond acceptors (Lipinski definition) is 3. The second-order valence-corrected chi connectivity index (χ2v) is 6.23. The van der Waals surface area contributed by atoms with Crippen molar-refractivity contribution in [1.29, 1.82) is 0 Å². The van der Waals surface area contributed by atoms with Crippen LogP contribution in [0.25, 0.3) is 0 Å². The molecule has 1 aliphatic heterocycles. The standard InChI is InChI=1S/C18H22N4O2/c1-3-12(2)14-6-4-5-7-15(14)22-11-13(10-17(22)23)18(24)20-16-8-9-19-21-16/h4-9,12-13H,3,10-11H2,1-2H3,(H2,19,20,21,24)/t12-,13+/m1/s1. The molecule has 126 valence electrons. The third-order valence-electron chi connectivity index (χ3n) is 4.63. The fourth-order valence-corrected chi connectivity index (χ4v) is 3.05. The number of carbonyl (C=O) groups excluding carboxylic acids is 2. The molecule has 0 aliphatic carbocycles. The maximum absolute atomic E-state index is 12.5. The molecule has 1 aliphatic rings. The van der Waals surface area contributed by atoms with E-state index in [1.807, 2.05) is 18.2 Å². The maximum Gasteiger partial charge on any atom is 0.230 e. The van der Waals surface area contributed by atoms with Crippen molar-refractivity contribution in [3.05, 3.63) is 42.1 Å². The van der Waals surface area contributed by atoms with E-state index in [1.165, 1.54) is 0 Å². The van der Waals surface area contributed by atoms with E-state index >= 15 is 0 Å². The second kappa shape index (κ2) is 6.86. The van der Waals surface area contributed by atoms with Crippen molar-refractivity contribution in [2.45, 2.75) is 32.6 Å². The summed E-state index contributed by atoms with van der Waals surface area (Å²) in [4.78, 5) is 26.6. The predicted molar refractivity (Wildman–Crippen MR) is 92.8 cm³/mol. The molecule has 2 amide bonds. The number of para-hydroxylation sites is 1. The van der Waals surface area contributed by atoms with Crippen LogP contribution in [0.1, 0.15) is 38.2 Å². The average Bonchev–Trinajstić information content (AvgIpc) is 3.23. The van der Waals surface area contributed by atoms with Crippen LogP contribution in [-0.4, -0.2) is 28.6 Å². The minimum absolute atomic E-state index is 0.00415. The lowest BCUT2D eigenvalue weighted by molar-refractivity contribution is -0.122. The zero-order valence-electron chi connectivity index (χ0n) is 14.0. The number of nitrogens with zero attached hydrogens (tertiary/aromatic N) is 2. The number of benzene rings is 1. The van der Waals surface area contributed by atoms with Crippen LogP contribution in [-0.2, 0) is 9.59 Å². The fourth-order valence-electron chi connectivity index (χ4n) is 3.05. The maximum atomic E-state index is 12.5. The molecule has 0 radical (unpaired) electrons. The quantitative estimate of drug-likeness (QED) is 0.887. The number of aromatic amines is 1. The number of amides is 2. The van der Waals surface area contributed by atoms with Gasteiger partial charge in [-0.15, -0.1) is 0 Å². The van der Waals surface area contributed by atoms with Gasteiger partial charge >= 0.3 is 0 Å². The normalized spacial score (nSPS) is 18.7. The lowest BCUT2D eigenvalue weighted by atomic mass is 9.96. The Balaban J connectivity index is 1.77. The third kappa shape index (κ3) is 3.18. The molecule has 24 heavy (non-hydrogen) atoms. The summed E-state index contributed by atoms with van der Waals surface area (Å²) in [6, 6.07) is 9.65. The summed E-state index contributed by atoms with van der Waals surface area (Å²) >= 11 is 0. The van der Waals surface area contributed by atoms with E-state index in [4.69, 9.17) is 0 Å². The zero-order valence-corrected chi connectivity index (χ0v) is 14.0. The Morgan fingerprint density at radius 1 is 1.42 bits per heavy atom. The number of rotatable bonds is 5. The van der Waals surface area contributed by atoms with Gasteiger partial charge in [0.1, 0.15) is 5.82 Å². The summed E-state index contributed by atoms with van der Waals surface area (Å²) in [6.07, 6.45) is 2.81. The molecule has 0 spiro atoms. The van der Waals surface area contributed by atoms with Gasteiger partial charge in [-0.3, -0.25) is 14.7 Å². The number of aromatic nitrogens is 2. The van der Waals surface area contributed by atoms with Gasteiger partial charge in [-0.1, -0.05) is 32.0 Å². The number of nitrogens with one attached hydrogen (secondary N) is 2. The first-order valence-corrected chi connectivity index (χ1v) is 8.29. The van der Waals surface area contributed by atoms with Gasteiger partial charge < -0.3 is 10.2 Å². The molecule has 1 fully saturated rings. The Labute approximate surface area is 141 Å². The summed E-state index contributed by atoms with van der Waals surface area (Å²) in [5.74, 6) is 0.398. The molecule has 1 aromatic carbocycles. The third-order valence-corrected chi connectivity index (χ3v) is 4.63. The molecular weight excluding hydrogens is 304 g/mol. The first kappa shape index (κ1) is 16.2. The predicted octanol–water partition coefficient (Wildman–Crippen LogP) is 2.91. The molecule has 1 aromatic heterocycles. The zero-order chi connectivity index (χ0) is 17.1. The number of carbonyl (C=O) groups is 2. The van der Waals surface area contributed by atoms with Crippen molar-refractivity contribution in [2.24, 2.45) is 5.92 Å². The van der Waals surface area contributed by atoms with Gasteiger partial charge in [0.25, 0.3) is 0 Å². The van der Waals surface area contributed by atoms with Gasteiger partial charge in [0, 0.05) is 24.7 Å². The van der Waals surface area contributed by atoms with Gasteiger partial charge in [-0.2, -0.15) is 5.10 Å². The molecule has 2 heterocycles. The highest BCUT2D eigenvalue weighted by Crippen LogP contribution is 2.33. The Bertz CT molecular complexity index is 726. The molecule has 2 atom stereocenters. The Morgan fingerprint density at radius 3 is 2.92 bits per heavy atom. The first-order valence-electron chi connectivity index (χ1n) is 8.29. The summed E-state index contributed by atoms with van der Waals surface area (Å²) in [7, 11) is 0. The summed E-state index contributed by atoms with van der Waals surface area (Å²) in [5.41, 5.74) is 2.08. The second-order valence-electron chi connectivity index (χ2n) is 6.23. The summed E-state index contributed by atoms with van der Waals surface area (Å²) < 4.78 is 0. The molecule has 0 bridgehead atoms.